The summed E-state index contributed by atoms with van der Waals surface area (Å²) >= 11 is 0. The second-order valence-electron chi connectivity index (χ2n) is 6.23. The molecule has 0 bridgehead atoms. The standard InChI is InChI=1S/C19H26N4O5/c20-10-6-2-5-9-16(18(21)26)23-17(25)11-15(24)12-22-19(27)28-13-14-7-3-1-4-8-14/h1,3-4,7-8,15-16,24H,2,5-6,9,11-13H2,(H2,21,26)(H,22,27)(H,23,25)/t15-,16-/m0/s1. The van der Waals surface area contributed by atoms with E-state index in [1.54, 1.807) is 0 Å². The number of nitrogens with zero attached hydrogens (tertiary/aromatic N) is 1. The Balaban J connectivity index is 2.27. The van der Waals surface area contributed by atoms with Crippen LogP contribution in [-0.2, 0) is 20.9 Å². The molecule has 0 aliphatic carbocycles. The van der Waals surface area contributed by atoms with Crippen molar-refractivity contribution in [3.05, 3.63) is 35.9 Å². The van der Waals surface area contributed by atoms with Gasteiger partial charge in [-0.1, -0.05) is 30.3 Å². The third kappa shape index (κ3) is 10.1. The third-order valence-electron chi connectivity index (χ3n) is 3.83. The summed E-state index contributed by atoms with van der Waals surface area (Å²) in [5.41, 5.74) is 6.08. The van der Waals surface area contributed by atoms with E-state index in [1.165, 1.54) is 0 Å². The molecule has 28 heavy (non-hydrogen) atoms. The van der Waals surface area contributed by atoms with E-state index in [4.69, 9.17) is 15.7 Å². The average molecular weight is 390 g/mol. The highest BCUT2D eigenvalue weighted by atomic mass is 16.5. The predicted molar refractivity (Wildman–Crippen MR) is 100 cm³/mol. The van der Waals surface area contributed by atoms with Crippen LogP contribution >= 0.6 is 0 Å². The van der Waals surface area contributed by atoms with E-state index in [9.17, 15) is 19.5 Å². The molecule has 9 heteroatoms. The van der Waals surface area contributed by atoms with E-state index >= 15 is 0 Å². The highest BCUT2D eigenvalue weighted by Crippen LogP contribution is 2.04. The Bertz CT molecular complexity index is 675. The summed E-state index contributed by atoms with van der Waals surface area (Å²) in [5, 5.41) is 23.2. The van der Waals surface area contributed by atoms with Crippen molar-refractivity contribution < 1.29 is 24.2 Å². The van der Waals surface area contributed by atoms with Gasteiger partial charge < -0.3 is 26.2 Å². The summed E-state index contributed by atoms with van der Waals surface area (Å²) in [4.78, 5) is 34.9. The fourth-order valence-electron chi connectivity index (χ4n) is 2.35. The summed E-state index contributed by atoms with van der Waals surface area (Å²) in [7, 11) is 0. The van der Waals surface area contributed by atoms with E-state index < -0.39 is 30.1 Å². The number of nitriles is 1. The van der Waals surface area contributed by atoms with Crippen molar-refractivity contribution in [2.75, 3.05) is 6.54 Å². The highest BCUT2D eigenvalue weighted by Gasteiger charge is 2.20. The Labute approximate surface area is 163 Å². The molecule has 3 amide bonds. The maximum absolute atomic E-state index is 11.9. The van der Waals surface area contributed by atoms with Gasteiger partial charge in [-0.25, -0.2) is 4.79 Å². The number of nitrogens with two attached hydrogens (primary N) is 1. The number of hydrogen-bond donors (Lipinski definition) is 4. The van der Waals surface area contributed by atoms with Crippen molar-refractivity contribution in [2.24, 2.45) is 5.73 Å². The van der Waals surface area contributed by atoms with E-state index in [-0.39, 0.29) is 19.6 Å². The fraction of sp³-hybridized carbons (Fsp3) is 0.474. The molecule has 0 unspecified atom stereocenters. The van der Waals surface area contributed by atoms with Gasteiger partial charge in [-0.2, -0.15) is 5.26 Å². The van der Waals surface area contributed by atoms with Crippen molar-refractivity contribution in [3.63, 3.8) is 0 Å². The quantitative estimate of drug-likeness (QED) is 0.385. The molecule has 0 saturated heterocycles. The topological polar surface area (TPSA) is 155 Å². The van der Waals surface area contributed by atoms with Gasteiger partial charge in [-0.3, -0.25) is 9.59 Å². The number of rotatable bonds is 12. The fourth-order valence-corrected chi connectivity index (χ4v) is 2.35. The van der Waals surface area contributed by atoms with Gasteiger partial charge in [0.25, 0.3) is 0 Å². The molecule has 0 aliphatic heterocycles. The van der Waals surface area contributed by atoms with Gasteiger partial charge in [0.1, 0.15) is 12.6 Å². The molecule has 0 fully saturated rings. The Morgan fingerprint density at radius 1 is 1.21 bits per heavy atom. The second-order valence-corrected chi connectivity index (χ2v) is 6.23. The molecule has 0 aliphatic rings. The zero-order valence-electron chi connectivity index (χ0n) is 15.6. The van der Waals surface area contributed by atoms with Gasteiger partial charge in [0.05, 0.1) is 18.6 Å². The average Bonchev–Trinajstić information content (AvgIpc) is 2.67. The Kier molecular flexibility index (Phi) is 10.7. The summed E-state index contributed by atoms with van der Waals surface area (Å²) < 4.78 is 5.00. The summed E-state index contributed by atoms with van der Waals surface area (Å²) in [6, 6.07) is 10.2. The van der Waals surface area contributed by atoms with Gasteiger partial charge in [0.2, 0.25) is 11.8 Å². The predicted octanol–water partition coefficient (Wildman–Crippen LogP) is 0.718. The number of alkyl carbamates (subject to hydrolysis) is 1. The van der Waals surface area contributed by atoms with E-state index in [2.05, 4.69) is 10.6 Å². The second kappa shape index (κ2) is 13.1. The van der Waals surface area contributed by atoms with Crippen molar-refractivity contribution in [2.45, 2.75) is 50.9 Å². The highest BCUT2D eigenvalue weighted by molar-refractivity contribution is 5.86. The summed E-state index contributed by atoms with van der Waals surface area (Å²) in [6.07, 6.45) is -0.298. The molecule has 5 N–H and O–H groups in total. The molecule has 0 aromatic heterocycles. The smallest absolute Gasteiger partial charge is 0.407 e. The molecular weight excluding hydrogens is 364 g/mol. The first-order valence-corrected chi connectivity index (χ1v) is 9.00. The number of aliphatic hydroxyl groups excluding tert-OH is 1. The first kappa shape index (κ1) is 22.9. The van der Waals surface area contributed by atoms with Crippen LogP contribution in [-0.4, -0.2) is 41.7 Å². The van der Waals surface area contributed by atoms with Crippen LogP contribution in [0.5, 0.6) is 0 Å². The van der Waals surface area contributed by atoms with Crippen molar-refractivity contribution in [1.29, 1.82) is 5.26 Å². The lowest BCUT2D eigenvalue weighted by atomic mass is 10.1. The van der Waals surface area contributed by atoms with Crippen LogP contribution in [0, 0.1) is 11.3 Å². The molecule has 1 aromatic carbocycles. The van der Waals surface area contributed by atoms with Crippen LogP contribution in [0.15, 0.2) is 30.3 Å². The normalized spacial score (nSPS) is 12.3. The lowest BCUT2D eigenvalue weighted by Gasteiger charge is -2.17. The van der Waals surface area contributed by atoms with E-state index in [0.717, 1.165) is 5.56 Å². The van der Waals surface area contributed by atoms with E-state index in [0.29, 0.717) is 25.7 Å². The lowest BCUT2D eigenvalue weighted by molar-refractivity contribution is -0.128. The third-order valence-corrected chi connectivity index (χ3v) is 3.83. The zero-order valence-corrected chi connectivity index (χ0v) is 15.6. The van der Waals surface area contributed by atoms with Gasteiger partial charge in [-0.05, 0) is 24.8 Å². The van der Waals surface area contributed by atoms with Crippen molar-refractivity contribution in [3.8, 4) is 6.07 Å². The van der Waals surface area contributed by atoms with Crippen LogP contribution in [0.4, 0.5) is 4.79 Å². The summed E-state index contributed by atoms with van der Waals surface area (Å²) in [6.45, 7) is -0.0835. The minimum absolute atomic E-state index is 0.0926. The number of primary amides is 1. The maximum Gasteiger partial charge on any atom is 0.407 e. The number of amides is 3. The molecule has 0 radical (unpaired) electrons. The van der Waals surface area contributed by atoms with Gasteiger partial charge in [0.15, 0.2) is 0 Å². The molecule has 0 spiro atoms. The van der Waals surface area contributed by atoms with Gasteiger partial charge in [-0.15, -0.1) is 0 Å². The van der Waals surface area contributed by atoms with Gasteiger partial charge >= 0.3 is 6.09 Å². The lowest BCUT2D eigenvalue weighted by Crippen LogP contribution is -2.46. The monoisotopic (exact) mass is 390 g/mol. The Morgan fingerprint density at radius 2 is 1.93 bits per heavy atom. The number of carbonyl (C=O) groups excluding carboxylic acids is 3. The molecule has 1 rings (SSSR count). The Morgan fingerprint density at radius 3 is 2.57 bits per heavy atom. The summed E-state index contributed by atoms with van der Waals surface area (Å²) in [5.74, 6) is -1.24. The molecule has 0 heterocycles. The maximum atomic E-state index is 11.9. The van der Waals surface area contributed by atoms with Gasteiger partial charge in [0, 0.05) is 13.0 Å². The zero-order chi connectivity index (χ0) is 20.8. The first-order chi connectivity index (χ1) is 13.4. The van der Waals surface area contributed by atoms with Crippen LogP contribution in [0.25, 0.3) is 0 Å². The van der Waals surface area contributed by atoms with Crippen molar-refractivity contribution in [1.82, 2.24) is 10.6 Å². The van der Waals surface area contributed by atoms with Crippen LogP contribution in [0.3, 0.4) is 0 Å². The SMILES string of the molecule is N#CCCCC[C@H](NC(=O)C[C@H](O)CNC(=O)OCc1ccccc1)C(N)=O. The molecule has 9 nitrogen and oxygen atoms in total. The van der Waals surface area contributed by atoms with Crippen LogP contribution in [0.2, 0.25) is 0 Å². The minimum Gasteiger partial charge on any atom is -0.445 e. The number of benzene rings is 1. The molecule has 2 atom stereocenters. The van der Waals surface area contributed by atoms with Crippen LogP contribution < -0.4 is 16.4 Å². The number of carbonyl (C=O) groups is 3. The molecular formula is C19H26N4O5. The first-order valence-electron chi connectivity index (χ1n) is 9.00. The minimum atomic E-state index is -1.14. The number of nitrogens with one attached hydrogen (secondary N) is 2. The van der Waals surface area contributed by atoms with E-state index in [1.807, 2.05) is 36.4 Å². The number of unbranched alkanes of at least 4 members (excludes halogenated alkanes) is 2. The molecule has 1 aromatic rings. The number of ether oxygens (including phenoxy) is 1. The largest absolute Gasteiger partial charge is 0.445 e. The van der Waals surface area contributed by atoms with Crippen LogP contribution in [0.1, 0.15) is 37.7 Å². The number of hydrogen-bond acceptors (Lipinski definition) is 6. The molecule has 0 saturated carbocycles. The molecule has 152 valence electrons. The van der Waals surface area contributed by atoms with Crippen molar-refractivity contribution >= 4 is 17.9 Å². The number of aliphatic hydroxyl groups is 1. The Hall–Kier alpha value is -3.12.